The smallest absolute Gasteiger partial charge is 0.238 e. The Morgan fingerprint density at radius 1 is 0.694 bits per heavy atom. The molecule has 0 saturated heterocycles. The summed E-state index contributed by atoms with van der Waals surface area (Å²) in [5, 5.41) is 17.8. The molecule has 250 valence electrons. The topological polar surface area (TPSA) is 214 Å². The van der Waals surface area contributed by atoms with E-state index >= 15 is 0 Å². The van der Waals surface area contributed by atoms with Gasteiger partial charge < -0.3 is 20.1 Å². The summed E-state index contributed by atoms with van der Waals surface area (Å²) in [5.41, 5.74) is 3.20. The molecule has 6 rings (SSSR count). The van der Waals surface area contributed by atoms with E-state index in [1.54, 1.807) is 55.9 Å². The second kappa shape index (κ2) is 14.4. The number of ether oxygens (including phenoxy) is 2. The van der Waals surface area contributed by atoms with Crippen LogP contribution < -0.4 is 30.4 Å². The standard InChI is InChI=1S/C17H14N4O3S.C15H13BrN4O3S/c1-3-11-8-12-10-19-17(21-16(12)15(9-11)24-2)20-13-4-6-14(7-5-13)25(18,22)23;1-23-13-7-10(16)6-9-8-18-15(20-14(9)13)19-11-2-4-12(5-3-11)24(17,21)22/h1,4-10H,2H3,(H2,18,22,23)(H,19,20,21);2-8H,1H3,(H2,17,21,22)(H,18,19,20). The molecule has 0 radical (unpaired) electrons. The van der Waals surface area contributed by atoms with Crippen molar-refractivity contribution in [2.45, 2.75) is 9.79 Å². The molecule has 49 heavy (non-hydrogen) atoms. The maximum atomic E-state index is 11.3. The SMILES string of the molecule is C#Cc1cc(OC)c2nc(Nc3ccc(S(N)(=O)=O)cc3)ncc2c1.COc1cc(Br)cc2cnc(Nc3ccc(S(N)(=O)=O)cc3)nc12. The van der Waals surface area contributed by atoms with Gasteiger partial charge in [0.15, 0.2) is 0 Å². The molecule has 0 bridgehead atoms. The van der Waals surface area contributed by atoms with Crippen LogP contribution in [0.15, 0.2) is 99.5 Å². The van der Waals surface area contributed by atoms with E-state index in [0.717, 1.165) is 15.2 Å². The predicted molar refractivity (Wildman–Crippen MR) is 190 cm³/mol. The van der Waals surface area contributed by atoms with E-state index in [9.17, 15) is 16.8 Å². The molecule has 6 aromatic rings. The van der Waals surface area contributed by atoms with E-state index in [0.29, 0.717) is 51.4 Å². The molecule has 0 amide bonds. The van der Waals surface area contributed by atoms with Crippen LogP contribution in [0.1, 0.15) is 5.56 Å². The summed E-state index contributed by atoms with van der Waals surface area (Å²) >= 11 is 3.41. The highest BCUT2D eigenvalue weighted by atomic mass is 79.9. The maximum absolute atomic E-state index is 11.3. The molecule has 6 N–H and O–H groups in total. The zero-order chi connectivity index (χ0) is 35.3. The van der Waals surface area contributed by atoms with E-state index < -0.39 is 20.0 Å². The molecular weight excluding hydrogens is 736 g/mol. The largest absolute Gasteiger partial charge is 0.494 e. The van der Waals surface area contributed by atoms with Gasteiger partial charge in [0.1, 0.15) is 22.5 Å². The quantitative estimate of drug-likeness (QED) is 0.154. The summed E-state index contributed by atoms with van der Waals surface area (Å²) < 4.78 is 56.6. The molecule has 0 aliphatic rings. The van der Waals surface area contributed by atoms with Crippen molar-refractivity contribution in [2.24, 2.45) is 10.3 Å². The fraction of sp³-hybridized carbons (Fsp3) is 0.0625. The number of sulfonamides is 2. The lowest BCUT2D eigenvalue weighted by molar-refractivity contribution is 0.418. The van der Waals surface area contributed by atoms with Crippen molar-refractivity contribution in [3.05, 3.63) is 95.2 Å². The number of benzene rings is 4. The first kappa shape index (κ1) is 34.9. The van der Waals surface area contributed by atoms with E-state index in [2.05, 4.69) is 52.4 Å². The molecular formula is C32H27BrN8O6S2. The fourth-order valence-electron chi connectivity index (χ4n) is 4.42. The third-order valence-corrected chi connectivity index (χ3v) is 9.06. The monoisotopic (exact) mass is 762 g/mol. The molecule has 0 spiro atoms. The molecule has 4 aromatic carbocycles. The maximum Gasteiger partial charge on any atom is 0.238 e. The van der Waals surface area contributed by atoms with Crippen molar-refractivity contribution < 1.29 is 26.3 Å². The van der Waals surface area contributed by atoms with Gasteiger partial charge in [-0.25, -0.2) is 47.0 Å². The third-order valence-electron chi connectivity index (χ3n) is 6.75. The predicted octanol–water partition coefficient (Wildman–Crippen LogP) is 4.80. The molecule has 2 aromatic heterocycles. The number of hydrogen-bond donors (Lipinski definition) is 4. The van der Waals surface area contributed by atoms with Crippen molar-refractivity contribution in [3.8, 4) is 23.8 Å². The Labute approximate surface area is 290 Å². The van der Waals surface area contributed by atoms with Crippen molar-refractivity contribution in [2.75, 3.05) is 24.9 Å². The van der Waals surface area contributed by atoms with Crippen molar-refractivity contribution in [3.63, 3.8) is 0 Å². The van der Waals surface area contributed by atoms with E-state index in [-0.39, 0.29) is 9.79 Å². The zero-order valence-electron chi connectivity index (χ0n) is 25.7. The molecule has 2 heterocycles. The number of terminal acetylenes is 1. The average Bonchev–Trinajstić information content (AvgIpc) is 3.07. The van der Waals surface area contributed by atoms with Crippen LogP contribution in [0.2, 0.25) is 0 Å². The van der Waals surface area contributed by atoms with Gasteiger partial charge in [0, 0.05) is 44.6 Å². The highest BCUT2D eigenvalue weighted by Crippen LogP contribution is 2.30. The number of hydrogen-bond acceptors (Lipinski definition) is 12. The van der Waals surface area contributed by atoms with Gasteiger partial charge >= 0.3 is 0 Å². The first-order chi connectivity index (χ1) is 23.3. The van der Waals surface area contributed by atoms with Crippen molar-refractivity contribution in [1.29, 1.82) is 0 Å². The molecule has 0 saturated carbocycles. The molecule has 0 aliphatic carbocycles. The van der Waals surface area contributed by atoms with Gasteiger partial charge in [-0.3, -0.25) is 0 Å². The lowest BCUT2D eigenvalue weighted by Gasteiger charge is -2.09. The number of rotatable bonds is 8. The Morgan fingerprint density at radius 3 is 1.53 bits per heavy atom. The van der Waals surface area contributed by atoms with Crippen LogP contribution in [0.25, 0.3) is 21.8 Å². The number of nitrogens with zero attached hydrogens (tertiary/aromatic N) is 4. The van der Waals surface area contributed by atoms with Gasteiger partial charge in [-0.1, -0.05) is 21.9 Å². The highest BCUT2D eigenvalue weighted by molar-refractivity contribution is 9.10. The highest BCUT2D eigenvalue weighted by Gasteiger charge is 2.12. The Hall–Kier alpha value is -5.38. The Morgan fingerprint density at radius 2 is 1.12 bits per heavy atom. The molecule has 0 atom stereocenters. The zero-order valence-corrected chi connectivity index (χ0v) is 29.0. The number of aromatic nitrogens is 4. The van der Waals surface area contributed by atoms with Gasteiger partial charge in [-0.2, -0.15) is 0 Å². The van der Waals surface area contributed by atoms with Gasteiger partial charge in [0.05, 0.1) is 24.0 Å². The van der Waals surface area contributed by atoms with Crippen LogP contribution in [-0.2, 0) is 20.0 Å². The van der Waals surface area contributed by atoms with Gasteiger partial charge in [0.2, 0.25) is 31.9 Å². The second-order valence-electron chi connectivity index (χ2n) is 10.1. The van der Waals surface area contributed by atoms with Crippen LogP contribution in [0.4, 0.5) is 23.3 Å². The Bertz CT molecular complexity index is 2440. The van der Waals surface area contributed by atoms with Gasteiger partial charge in [-0.15, -0.1) is 6.42 Å². The van der Waals surface area contributed by atoms with E-state index in [1.807, 2.05) is 12.1 Å². The summed E-state index contributed by atoms with van der Waals surface area (Å²) in [6.07, 6.45) is 8.74. The minimum atomic E-state index is -3.73. The van der Waals surface area contributed by atoms with Crippen LogP contribution in [0, 0.1) is 12.3 Å². The molecule has 0 fully saturated rings. The first-order valence-electron chi connectivity index (χ1n) is 13.9. The van der Waals surface area contributed by atoms with Crippen LogP contribution in [0.3, 0.4) is 0 Å². The lowest BCUT2D eigenvalue weighted by atomic mass is 10.1. The normalized spacial score (nSPS) is 11.3. The molecule has 0 aliphatic heterocycles. The minimum Gasteiger partial charge on any atom is -0.494 e. The Balaban J connectivity index is 0.000000191. The summed E-state index contributed by atoms with van der Waals surface area (Å²) in [6.45, 7) is 0. The summed E-state index contributed by atoms with van der Waals surface area (Å²) in [4.78, 5) is 17.4. The summed E-state index contributed by atoms with van der Waals surface area (Å²) in [5.74, 6) is 4.42. The number of methoxy groups -OCH3 is 2. The van der Waals surface area contributed by atoms with E-state index in [4.69, 9.17) is 26.2 Å². The number of nitrogens with one attached hydrogen (secondary N) is 2. The molecule has 17 heteroatoms. The fourth-order valence-corrected chi connectivity index (χ4v) is 5.91. The lowest BCUT2D eigenvalue weighted by Crippen LogP contribution is -2.11. The first-order valence-corrected chi connectivity index (χ1v) is 17.8. The van der Waals surface area contributed by atoms with Crippen LogP contribution in [0.5, 0.6) is 11.5 Å². The summed E-state index contributed by atoms with van der Waals surface area (Å²) in [7, 11) is -4.33. The number of primary sulfonamides is 2. The number of nitrogens with two attached hydrogens (primary N) is 2. The average molecular weight is 764 g/mol. The number of halogens is 1. The molecule has 0 unspecified atom stereocenters. The van der Waals surface area contributed by atoms with Crippen molar-refractivity contribution >= 4 is 81.1 Å². The van der Waals surface area contributed by atoms with E-state index in [1.165, 1.54) is 31.4 Å². The second-order valence-corrected chi connectivity index (χ2v) is 14.1. The minimum absolute atomic E-state index is 0.0287. The number of anilines is 4. The van der Waals surface area contributed by atoms with Crippen molar-refractivity contribution in [1.82, 2.24) is 19.9 Å². The van der Waals surface area contributed by atoms with Gasteiger partial charge in [0.25, 0.3) is 0 Å². The number of fused-ring (bicyclic) bond motifs is 2. The van der Waals surface area contributed by atoms with Gasteiger partial charge in [-0.05, 0) is 72.8 Å². The molecule has 14 nitrogen and oxygen atoms in total. The van der Waals surface area contributed by atoms with Crippen LogP contribution >= 0.6 is 15.9 Å². The summed E-state index contributed by atoms with van der Waals surface area (Å²) in [6, 6.07) is 19.2. The third kappa shape index (κ3) is 8.56. The Kier molecular flexibility index (Phi) is 10.3. The van der Waals surface area contributed by atoms with Crippen LogP contribution in [-0.4, -0.2) is 51.0 Å².